The molecule has 0 unspecified atom stereocenters. The highest BCUT2D eigenvalue weighted by Gasteiger charge is 2.19. The Labute approximate surface area is 91.4 Å². The summed E-state index contributed by atoms with van der Waals surface area (Å²) >= 11 is 0. The summed E-state index contributed by atoms with van der Waals surface area (Å²) in [6.07, 6.45) is 1.11. The smallest absolute Gasteiger partial charge is 0.0234 e. The Kier molecular flexibility index (Phi) is 3.19. The zero-order chi connectivity index (χ0) is 10.7. The molecule has 0 radical (unpaired) electrons. The van der Waals surface area contributed by atoms with Crippen molar-refractivity contribution in [1.29, 1.82) is 0 Å². The quantitative estimate of drug-likeness (QED) is 0.809. The summed E-state index contributed by atoms with van der Waals surface area (Å²) in [5.74, 6) is 0. The van der Waals surface area contributed by atoms with Gasteiger partial charge in [-0.05, 0) is 17.6 Å². The second kappa shape index (κ2) is 4.60. The molecule has 15 heavy (non-hydrogen) atoms. The summed E-state index contributed by atoms with van der Waals surface area (Å²) in [6.45, 7) is 7.18. The van der Waals surface area contributed by atoms with Crippen molar-refractivity contribution in [2.45, 2.75) is 12.5 Å². The van der Waals surface area contributed by atoms with Crippen LogP contribution < -0.4 is 5.73 Å². The molecule has 1 fully saturated rings. The van der Waals surface area contributed by atoms with Crippen LogP contribution in [-0.4, -0.2) is 30.6 Å². The number of benzene rings is 1. The van der Waals surface area contributed by atoms with E-state index in [4.69, 9.17) is 5.73 Å². The van der Waals surface area contributed by atoms with Crippen LogP contribution >= 0.6 is 0 Å². The van der Waals surface area contributed by atoms with Crippen LogP contribution in [-0.2, 0) is 0 Å². The molecule has 80 valence electrons. The molecule has 1 aromatic rings. The molecule has 0 spiro atoms. The highest BCUT2D eigenvalue weighted by Crippen LogP contribution is 2.16. The van der Waals surface area contributed by atoms with E-state index in [9.17, 15) is 0 Å². The summed E-state index contributed by atoms with van der Waals surface area (Å²) in [5, 5.41) is 0. The Balaban J connectivity index is 1.93. The van der Waals surface area contributed by atoms with Gasteiger partial charge in [0.15, 0.2) is 0 Å². The molecule has 0 saturated carbocycles. The lowest BCUT2D eigenvalue weighted by molar-refractivity contribution is 0.377. The summed E-state index contributed by atoms with van der Waals surface area (Å²) in [5.41, 5.74) is 8.29. The van der Waals surface area contributed by atoms with Crippen LogP contribution in [0.4, 0.5) is 0 Å². The molecule has 1 aliphatic heterocycles. The first kappa shape index (κ1) is 10.4. The number of likely N-dealkylation sites (tertiary alicyclic amines) is 1. The van der Waals surface area contributed by atoms with E-state index in [-0.39, 0.29) is 0 Å². The molecular formula is C13H18N2. The van der Waals surface area contributed by atoms with E-state index < -0.39 is 0 Å². The maximum absolute atomic E-state index is 5.87. The number of hydrogen-bond donors (Lipinski definition) is 1. The van der Waals surface area contributed by atoms with E-state index >= 15 is 0 Å². The second-order valence-electron chi connectivity index (χ2n) is 4.25. The Morgan fingerprint density at radius 2 is 2.13 bits per heavy atom. The first-order chi connectivity index (χ1) is 7.25. The van der Waals surface area contributed by atoms with Gasteiger partial charge in [-0.3, -0.25) is 4.90 Å². The number of nitrogens with two attached hydrogens (primary N) is 1. The number of hydrogen-bond acceptors (Lipinski definition) is 2. The van der Waals surface area contributed by atoms with Crippen molar-refractivity contribution >= 4 is 5.57 Å². The maximum Gasteiger partial charge on any atom is 0.0234 e. The largest absolute Gasteiger partial charge is 0.326 e. The Bertz CT molecular complexity index is 332. The minimum absolute atomic E-state index is 0.355. The molecule has 1 aromatic carbocycles. The standard InChI is InChI=1S/C13H18N2/c1-11(12-5-3-2-4-6-12)9-15-8-7-13(14)10-15/h2-6,13H,1,7-10,14H2/t13-/m1/s1. The van der Waals surface area contributed by atoms with Crippen LogP contribution in [0.1, 0.15) is 12.0 Å². The van der Waals surface area contributed by atoms with Crippen molar-refractivity contribution in [2.75, 3.05) is 19.6 Å². The molecule has 0 amide bonds. The minimum Gasteiger partial charge on any atom is -0.326 e. The topological polar surface area (TPSA) is 29.3 Å². The summed E-state index contributed by atoms with van der Waals surface area (Å²) < 4.78 is 0. The molecule has 2 N–H and O–H groups in total. The molecule has 1 aliphatic rings. The fraction of sp³-hybridized carbons (Fsp3) is 0.385. The van der Waals surface area contributed by atoms with Gasteiger partial charge < -0.3 is 5.73 Å². The fourth-order valence-electron chi connectivity index (χ4n) is 2.04. The lowest BCUT2D eigenvalue weighted by atomic mass is 10.1. The van der Waals surface area contributed by atoms with Gasteiger partial charge in [-0.15, -0.1) is 0 Å². The van der Waals surface area contributed by atoms with Crippen molar-refractivity contribution in [2.24, 2.45) is 5.73 Å². The van der Waals surface area contributed by atoms with E-state index in [1.54, 1.807) is 0 Å². The Morgan fingerprint density at radius 3 is 2.73 bits per heavy atom. The van der Waals surface area contributed by atoms with E-state index in [1.807, 2.05) is 6.07 Å². The van der Waals surface area contributed by atoms with Crippen molar-refractivity contribution in [1.82, 2.24) is 4.90 Å². The number of rotatable bonds is 3. The zero-order valence-corrected chi connectivity index (χ0v) is 9.02. The average molecular weight is 202 g/mol. The third kappa shape index (κ3) is 2.67. The fourth-order valence-corrected chi connectivity index (χ4v) is 2.04. The van der Waals surface area contributed by atoms with Gasteiger partial charge in [-0.1, -0.05) is 36.9 Å². The molecule has 1 saturated heterocycles. The van der Waals surface area contributed by atoms with Crippen molar-refractivity contribution in [3.05, 3.63) is 42.5 Å². The molecule has 0 aliphatic carbocycles. The van der Waals surface area contributed by atoms with Gasteiger partial charge in [-0.25, -0.2) is 0 Å². The molecule has 1 heterocycles. The third-order valence-corrected chi connectivity index (χ3v) is 2.91. The first-order valence-corrected chi connectivity index (χ1v) is 5.47. The van der Waals surface area contributed by atoms with Crippen molar-refractivity contribution < 1.29 is 0 Å². The summed E-state index contributed by atoms with van der Waals surface area (Å²) in [4.78, 5) is 2.38. The summed E-state index contributed by atoms with van der Waals surface area (Å²) in [6, 6.07) is 10.7. The highest BCUT2D eigenvalue weighted by atomic mass is 15.2. The second-order valence-corrected chi connectivity index (χ2v) is 4.25. The monoisotopic (exact) mass is 202 g/mol. The van der Waals surface area contributed by atoms with Crippen LogP contribution in [0.2, 0.25) is 0 Å². The van der Waals surface area contributed by atoms with E-state index in [0.717, 1.165) is 26.1 Å². The Morgan fingerprint density at radius 1 is 1.40 bits per heavy atom. The zero-order valence-electron chi connectivity index (χ0n) is 9.02. The molecule has 1 atom stereocenters. The maximum atomic E-state index is 5.87. The third-order valence-electron chi connectivity index (χ3n) is 2.91. The molecule has 2 nitrogen and oxygen atoms in total. The minimum atomic E-state index is 0.355. The first-order valence-electron chi connectivity index (χ1n) is 5.47. The SMILES string of the molecule is C=C(CN1CC[C@@H](N)C1)c1ccccc1. The molecular weight excluding hydrogens is 184 g/mol. The van der Waals surface area contributed by atoms with Crippen LogP contribution in [0, 0.1) is 0 Å². The van der Waals surface area contributed by atoms with Gasteiger partial charge in [0, 0.05) is 25.7 Å². The number of nitrogens with zero attached hydrogens (tertiary/aromatic N) is 1. The Hall–Kier alpha value is -1.12. The predicted octanol–water partition coefficient (Wildman–Crippen LogP) is 1.73. The van der Waals surface area contributed by atoms with Crippen molar-refractivity contribution in [3.63, 3.8) is 0 Å². The highest BCUT2D eigenvalue weighted by molar-refractivity contribution is 5.64. The van der Waals surface area contributed by atoms with E-state index in [1.165, 1.54) is 11.1 Å². The molecule has 2 rings (SSSR count). The molecule has 0 bridgehead atoms. The molecule has 2 heteroatoms. The van der Waals surface area contributed by atoms with Crippen LogP contribution in [0.3, 0.4) is 0 Å². The molecule has 0 aromatic heterocycles. The normalized spacial score (nSPS) is 21.8. The van der Waals surface area contributed by atoms with Crippen LogP contribution in [0.25, 0.3) is 5.57 Å². The van der Waals surface area contributed by atoms with Gasteiger partial charge >= 0.3 is 0 Å². The van der Waals surface area contributed by atoms with Gasteiger partial charge in [0.1, 0.15) is 0 Å². The van der Waals surface area contributed by atoms with Gasteiger partial charge in [0.25, 0.3) is 0 Å². The lowest BCUT2D eigenvalue weighted by Gasteiger charge is -2.16. The lowest BCUT2D eigenvalue weighted by Crippen LogP contribution is -2.27. The predicted molar refractivity (Wildman–Crippen MR) is 64.5 cm³/mol. The average Bonchev–Trinajstić information content (AvgIpc) is 2.65. The van der Waals surface area contributed by atoms with Gasteiger partial charge in [-0.2, -0.15) is 0 Å². The van der Waals surface area contributed by atoms with Gasteiger partial charge in [0.05, 0.1) is 0 Å². The van der Waals surface area contributed by atoms with E-state index in [2.05, 4.69) is 35.7 Å². The summed E-state index contributed by atoms with van der Waals surface area (Å²) in [7, 11) is 0. The van der Waals surface area contributed by atoms with Crippen LogP contribution in [0.5, 0.6) is 0 Å². The van der Waals surface area contributed by atoms with E-state index in [0.29, 0.717) is 6.04 Å². The van der Waals surface area contributed by atoms with Crippen molar-refractivity contribution in [3.8, 4) is 0 Å². The van der Waals surface area contributed by atoms with Gasteiger partial charge in [0.2, 0.25) is 0 Å². The van der Waals surface area contributed by atoms with Crippen LogP contribution in [0.15, 0.2) is 36.9 Å².